The Labute approximate surface area is 188 Å². The van der Waals surface area contributed by atoms with Crippen molar-refractivity contribution in [3.05, 3.63) is 81.8 Å². The van der Waals surface area contributed by atoms with Crippen LogP contribution in [0.15, 0.2) is 48.7 Å². The van der Waals surface area contributed by atoms with Gasteiger partial charge in [-0.2, -0.15) is 0 Å². The number of carbonyl (C=O) groups is 1. The van der Waals surface area contributed by atoms with Crippen molar-refractivity contribution >= 4 is 30.0 Å². The van der Waals surface area contributed by atoms with Gasteiger partial charge in [-0.1, -0.05) is 29.8 Å². The van der Waals surface area contributed by atoms with E-state index in [1.165, 1.54) is 16.8 Å². The Morgan fingerprint density at radius 1 is 1.17 bits per heavy atom. The fraction of sp³-hybridized carbons (Fsp3) is 0.292. The summed E-state index contributed by atoms with van der Waals surface area (Å²) in [5.74, 6) is -0.222. The van der Waals surface area contributed by atoms with E-state index in [0.29, 0.717) is 11.6 Å². The van der Waals surface area contributed by atoms with E-state index in [1.54, 1.807) is 6.20 Å². The monoisotopic (exact) mass is 442 g/mol. The highest BCUT2D eigenvalue weighted by molar-refractivity contribution is 6.30. The van der Waals surface area contributed by atoms with E-state index in [4.69, 9.17) is 21.3 Å². The molecule has 1 aliphatic carbocycles. The zero-order chi connectivity index (χ0) is 20.2. The molecule has 0 atom stereocenters. The maximum absolute atomic E-state index is 11.6. The normalized spacial score (nSPS) is 12.2. The highest BCUT2D eigenvalue weighted by atomic mass is 35.5. The molecule has 156 valence electrons. The number of pyridine rings is 2. The van der Waals surface area contributed by atoms with Gasteiger partial charge in [0.15, 0.2) is 0 Å². The minimum Gasteiger partial charge on any atom is -0.466 e. The van der Waals surface area contributed by atoms with Crippen molar-refractivity contribution in [2.75, 3.05) is 6.61 Å². The predicted octanol–water partition coefficient (Wildman–Crippen LogP) is 5.40. The number of fused-ring (bicyclic) bond motifs is 1. The highest BCUT2D eigenvalue weighted by Crippen LogP contribution is 2.30. The number of rotatable bonds is 6. The SMILES string of the molecule is CCOC(=O)Cc1ccc(Cc2cc(-c3cccc(Cl)c3)nc3c2CCC3)nc1.Cl. The topological polar surface area (TPSA) is 52.1 Å². The van der Waals surface area contributed by atoms with Crippen LogP contribution >= 0.6 is 24.0 Å². The summed E-state index contributed by atoms with van der Waals surface area (Å²) in [6, 6.07) is 14.0. The molecule has 0 saturated heterocycles. The standard InChI is InChI=1S/C24H23ClN2O2.ClH/c1-2-29-24(28)11-16-9-10-20(26-15-16)13-18-14-23(17-5-3-6-19(25)12-17)27-22-8-4-7-21(18)22;/h3,5-6,9-10,12,14-15H,2,4,7-8,11,13H2,1H3;1H. The lowest BCUT2D eigenvalue weighted by Crippen LogP contribution is -2.08. The molecule has 0 aliphatic heterocycles. The summed E-state index contributed by atoms with van der Waals surface area (Å²) in [6.45, 7) is 2.20. The van der Waals surface area contributed by atoms with E-state index in [2.05, 4.69) is 11.1 Å². The number of carbonyl (C=O) groups excluding carboxylic acids is 1. The quantitative estimate of drug-likeness (QED) is 0.479. The van der Waals surface area contributed by atoms with Crippen molar-refractivity contribution in [2.24, 2.45) is 0 Å². The second-order valence-electron chi connectivity index (χ2n) is 7.27. The summed E-state index contributed by atoms with van der Waals surface area (Å²) in [6.07, 6.45) is 5.99. The summed E-state index contributed by atoms with van der Waals surface area (Å²) in [4.78, 5) is 21.1. The molecule has 0 unspecified atom stereocenters. The Kier molecular flexibility index (Phi) is 7.46. The first-order valence-corrected chi connectivity index (χ1v) is 10.4. The van der Waals surface area contributed by atoms with Gasteiger partial charge in [0.2, 0.25) is 0 Å². The number of hydrogen-bond acceptors (Lipinski definition) is 4. The Morgan fingerprint density at radius 3 is 2.77 bits per heavy atom. The van der Waals surface area contributed by atoms with E-state index in [-0.39, 0.29) is 24.8 Å². The van der Waals surface area contributed by atoms with E-state index in [0.717, 1.165) is 48.2 Å². The van der Waals surface area contributed by atoms with Crippen LogP contribution in [0.3, 0.4) is 0 Å². The number of ether oxygens (including phenoxy) is 1. The molecule has 1 aromatic carbocycles. The number of hydrogen-bond donors (Lipinski definition) is 0. The molecule has 4 rings (SSSR count). The Balaban J connectivity index is 0.00000256. The van der Waals surface area contributed by atoms with Crippen LogP contribution in [-0.4, -0.2) is 22.5 Å². The third-order valence-corrected chi connectivity index (χ3v) is 5.41. The lowest BCUT2D eigenvalue weighted by atomic mass is 9.99. The van der Waals surface area contributed by atoms with Crippen LogP contribution in [0.2, 0.25) is 5.02 Å². The number of nitrogens with zero attached hydrogens (tertiary/aromatic N) is 2. The lowest BCUT2D eigenvalue weighted by Gasteiger charge is -2.12. The van der Waals surface area contributed by atoms with Gasteiger partial charge in [-0.3, -0.25) is 14.8 Å². The molecular formula is C24H24Cl2N2O2. The first-order valence-electron chi connectivity index (χ1n) is 9.99. The zero-order valence-corrected chi connectivity index (χ0v) is 18.4. The molecule has 0 N–H and O–H groups in total. The Hall–Kier alpha value is -2.43. The molecule has 0 amide bonds. The van der Waals surface area contributed by atoms with Crippen LogP contribution in [0.5, 0.6) is 0 Å². The van der Waals surface area contributed by atoms with Gasteiger partial charge in [0.1, 0.15) is 0 Å². The highest BCUT2D eigenvalue weighted by Gasteiger charge is 2.19. The van der Waals surface area contributed by atoms with Crippen molar-refractivity contribution in [1.29, 1.82) is 0 Å². The van der Waals surface area contributed by atoms with Gasteiger partial charge in [0.05, 0.1) is 18.7 Å². The predicted molar refractivity (Wildman–Crippen MR) is 121 cm³/mol. The number of aromatic nitrogens is 2. The molecule has 0 radical (unpaired) electrons. The molecule has 0 bridgehead atoms. The average molecular weight is 443 g/mol. The Bertz CT molecular complexity index is 1040. The molecule has 30 heavy (non-hydrogen) atoms. The van der Waals surface area contributed by atoms with Gasteiger partial charge >= 0.3 is 5.97 Å². The van der Waals surface area contributed by atoms with Gasteiger partial charge < -0.3 is 4.74 Å². The summed E-state index contributed by atoms with van der Waals surface area (Å²) >= 11 is 6.18. The van der Waals surface area contributed by atoms with Gasteiger partial charge in [0, 0.05) is 34.6 Å². The maximum atomic E-state index is 11.6. The largest absolute Gasteiger partial charge is 0.466 e. The lowest BCUT2D eigenvalue weighted by molar-refractivity contribution is -0.142. The van der Waals surface area contributed by atoms with E-state index in [1.807, 2.05) is 43.3 Å². The van der Waals surface area contributed by atoms with Crippen LogP contribution in [0.25, 0.3) is 11.3 Å². The minimum absolute atomic E-state index is 0. The summed E-state index contributed by atoms with van der Waals surface area (Å²) in [5, 5.41) is 0.713. The number of aryl methyl sites for hydroxylation is 1. The molecule has 1 aliphatic rings. The minimum atomic E-state index is -0.222. The third kappa shape index (κ3) is 5.18. The molecule has 2 heterocycles. The van der Waals surface area contributed by atoms with E-state index >= 15 is 0 Å². The summed E-state index contributed by atoms with van der Waals surface area (Å²) in [5.41, 5.74) is 7.66. The van der Waals surface area contributed by atoms with Crippen LogP contribution in [0.1, 0.15) is 41.4 Å². The van der Waals surface area contributed by atoms with Crippen molar-refractivity contribution in [3.63, 3.8) is 0 Å². The second kappa shape index (κ2) is 10.1. The summed E-state index contributed by atoms with van der Waals surface area (Å²) < 4.78 is 5.00. The van der Waals surface area contributed by atoms with Crippen molar-refractivity contribution in [2.45, 2.75) is 39.0 Å². The molecular weight excluding hydrogens is 419 g/mol. The fourth-order valence-electron chi connectivity index (χ4n) is 3.82. The number of benzene rings is 1. The van der Waals surface area contributed by atoms with Crippen LogP contribution in [0, 0.1) is 0 Å². The second-order valence-corrected chi connectivity index (χ2v) is 7.71. The molecule has 2 aromatic heterocycles. The van der Waals surface area contributed by atoms with Crippen LogP contribution in [0.4, 0.5) is 0 Å². The zero-order valence-electron chi connectivity index (χ0n) is 16.9. The van der Waals surface area contributed by atoms with Gasteiger partial charge in [-0.25, -0.2) is 0 Å². The molecule has 0 saturated carbocycles. The van der Waals surface area contributed by atoms with E-state index < -0.39 is 0 Å². The van der Waals surface area contributed by atoms with Gasteiger partial charge in [-0.05, 0) is 67.1 Å². The van der Waals surface area contributed by atoms with Gasteiger partial charge in [0.25, 0.3) is 0 Å². The third-order valence-electron chi connectivity index (χ3n) is 5.17. The molecule has 6 heteroatoms. The van der Waals surface area contributed by atoms with Gasteiger partial charge in [-0.15, -0.1) is 12.4 Å². The summed E-state index contributed by atoms with van der Waals surface area (Å²) in [7, 11) is 0. The van der Waals surface area contributed by atoms with Crippen LogP contribution < -0.4 is 0 Å². The molecule has 0 fully saturated rings. The van der Waals surface area contributed by atoms with Crippen molar-refractivity contribution in [1.82, 2.24) is 9.97 Å². The van der Waals surface area contributed by atoms with Crippen molar-refractivity contribution < 1.29 is 9.53 Å². The molecule has 4 nitrogen and oxygen atoms in total. The number of halogens is 2. The average Bonchev–Trinajstić information content (AvgIpc) is 3.19. The molecule has 3 aromatic rings. The van der Waals surface area contributed by atoms with Crippen LogP contribution in [-0.2, 0) is 35.2 Å². The maximum Gasteiger partial charge on any atom is 0.310 e. The molecule has 0 spiro atoms. The smallest absolute Gasteiger partial charge is 0.310 e. The van der Waals surface area contributed by atoms with E-state index in [9.17, 15) is 4.79 Å². The Morgan fingerprint density at radius 2 is 2.03 bits per heavy atom. The fourth-order valence-corrected chi connectivity index (χ4v) is 4.01. The first kappa shape index (κ1) is 22.3. The number of esters is 1. The first-order chi connectivity index (χ1) is 14.1. The van der Waals surface area contributed by atoms with Crippen molar-refractivity contribution in [3.8, 4) is 11.3 Å².